The van der Waals surface area contributed by atoms with E-state index in [0.29, 0.717) is 28.9 Å². The van der Waals surface area contributed by atoms with Gasteiger partial charge < -0.3 is 4.74 Å². The summed E-state index contributed by atoms with van der Waals surface area (Å²) in [5.41, 5.74) is 2.33. The summed E-state index contributed by atoms with van der Waals surface area (Å²) in [5, 5.41) is 0.564. The lowest BCUT2D eigenvalue weighted by atomic mass is 10.2. The predicted octanol–water partition coefficient (Wildman–Crippen LogP) is 7.38. The van der Waals surface area contributed by atoms with Crippen molar-refractivity contribution in [3.05, 3.63) is 95.5 Å². The average Bonchev–Trinajstić information content (AvgIpc) is 3.09. The molecule has 0 atom stereocenters. The van der Waals surface area contributed by atoms with Crippen molar-refractivity contribution in [3.8, 4) is 5.75 Å². The van der Waals surface area contributed by atoms with Crippen LogP contribution in [0.15, 0.2) is 70.6 Å². The van der Waals surface area contributed by atoms with Gasteiger partial charge in [-0.2, -0.15) is 0 Å². The summed E-state index contributed by atoms with van der Waals surface area (Å²) in [6, 6.07) is 16.0. The normalized spacial score (nSPS) is 16.0. The molecule has 1 aliphatic heterocycles. The molecule has 4 rings (SSSR count). The van der Waals surface area contributed by atoms with Crippen LogP contribution in [0.2, 0.25) is 0 Å². The van der Waals surface area contributed by atoms with Gasteiger partial charge in [-0.3, -0.25) is 9.69 Å². The van der Waals surface area contributed by atoms with E-state index in [9.17, 15) is 13.6 Å². The Morgan fingerprint density at radius 2 is 1.59 bits per heavy atom. The Bertz CT molecular complexity index is 1260. The highest BCUT2D eigenvalue weighted by molar-refractivity contribution is 14.1. The van der Waals surface area contributed by atoms with Crippen LogP contribution >= 0.6 is 56.9 Å². The quantitative estimate of drug-likeness (QED) is 0.199. The van der Waals surface area contributed by atoms with Gasteiger partial charge in [0.05, 0.1) is 17.7 Å². The standard InChI is InChI=1S/C25H18F2I2N2O2S/c1-2-31-24(32)22(34-25(31)30-19-9-7-18(27)8-10-19)13-16-11-20(28)23(21(29)12-16)33-14-15-3-5-17(26)6-4-15/h3-13H,2,14H2,1H3/b22-13+,30-25?. The first-order valence-corrected chi connectivity index (χ1v) is 13.2. The molecule has 0 spiro atoms. The molecule has 174 valence electrons. The summed E-state index contributed by atoms with van der Waals surface area (Å²) < 4.78 is 34.1. The second kappa shape index (κ2) is 11.2. The maximum absolute atomic E-state index is 13.2. The van der Waals surface area contributed by atoms with Crippen molar-refractivity contribution in [3.63, 3.8) is 0 Å². The van der Waals surface area contributed by atoms with E-state index in [1.807, 2.05) is 25.1 Å². The zero-order valence-corrected chi connectivity index (χ0v) is 23.0. The van der Waals surface area contributed by atoms with Gasteiger partial charge in [-0.05, 0) is 130 Å². The van der Waals surface area contributed by atoms with Crippen LogP contribution in [0, 0.1) is 18.8 Å². The second-order valence-electron chi connectivity index (χ2n) is 7.26. The van der Waals surface area contributed by atoms with Crippen molar-refractivity contribution in [1.29, 1.82) is 0 Å². The highest BCUT2D eigenvalue weighted by Crippen LogP contribution is 2.36. The van der Waals surface area contributed by atoms with Crippen LogP contribution in [0.1, 0.15) is 18.1 Å². The molecular weight excluding hydrogens is 684 g/mol. The number of thioether (sulfide) groups is 1. The molecule has 3 aromatic carbocycles. The van der Waals surface area contributed by atoms with Crippen molar-refractivity contribution >= 4 is 79.8 Å². The number of carbonyl (C=O) groups is 1. The molecule has 0 bridgehead atoms. The first-order valence-electron chi connectivity index (χ1n) is 10.3. The van der Waals surface area contributed by atoms with E-state index in [-0.39, 0.29) is 17.5 Å². The van der Waals surface area contributed by atoms with E-state index in [4.69, 9.17) is 4.74 Å². The zero-order chi connectivity index (χ0) is 24.2. The third-order valence-electron chi connectivity index (χ3n) is 4.87. The smallest absolute Gasteiger partial charge is 0.266 e. The van der Waals surface area contributed by atoms with Gasteiger partial charge in [0.25, 0.3) is 5.91 Å². The van der Waals surface area contributed by atoms with Crippen molar-refractivity contribution in [2.45, 2.75) is 13.5 Å². The summed E-state index contributed by atoms with van der Waals surface area (Å²) in [6.45, 7) is 2.70. The molecule has 1 saturated heterocycles. The lowest BCUT2D eigenvalue weighted by Gasteiger charge is -2.12. The zero-order valence-electron chi connectivity index (χ0n) is 17.9. The minimum atomic E-state index is -0.332. The molecule has 1 heterocycles. The minimum Gasteiger partial charge on any atom is -0.487 e. The molecule has 9 heteroatoms. The van der Waals surface area contributed by atoms with Crippen LogP contribution in [0.25, 0.3) is 6.08 Å². The molecule has 3 aromatic rings. The fourth-order valence-electron chi connectivity index (χ4n) is 3.18. The maximum Gasteiger partial charge on any atom is 0.266 e. The maximum atomic E-state index is 13.2. The summed E-state index contributed by atoms with van der Waals surface area (Å²) >= 11 is 5.72. The monoisotopic (exact) mass is 702 g/mol. The molecule has 1 fully saturated rings. The van der Waals surface area contributed by atoms with E-state index in [1.54, 1.807) is 29.2 Å². The van der Waals surface area contributed by atoms with Crippen LogP contribution in [-0.2, 0) is 11.4 Å². The van der Waals surface area contributed by atoms with E-state index >= 15 is 0 Å². The number of rotatable bonds is 6. The molecule has 0 aliphatic carbocycles. The van der Waals surface area contributed by atoms with Crippen molar-refractivity contribution < 1.29 is 18.3 Å². The predicted molar refractivity (Wildman–Crippen MR) is 149 cm³/mol. The average molecular weight is 702 g/mol. The number of benzene rings is 3. The summed E-state index contributed by atoms with van der Waals surface area (Å²) in [6.07, 6.45) is 1.84. The van der Waals surface area contributed by atoms with Gasteiger partial charge >= 0.3 is 0 Å². The number of hydrogen-bond acceptors (Lipinski definition) is 4. The third-order valence-corrected chi connectivity index (χ3v) is 7.48. The number of likely N-dealkylation sites (N-methyl/N-ethyl adjacent to an activating group) is 1. The topological polar surface area (TPSA) is 41.9 Å². The largest absolute Gasteiger partial charge is 0.487 e. The lowest BCUT2D eigenvalue weighted by Crippen LogP contribution is -2.28. The Kier molecular flexibility index (Phi) is 8.25. The molecule has 0 unspecified atom stereocenters. The Balaban J connectivity index is 1.55. The Morgan fingerprint density at radius 3 is 2.18 bits per heavy atom. The second-order valence-corrected chi connectivity index (χ2v) is 10.6. The van der Waals surface area contributed by atoms with E-state index in [0.717, 1.165) is 24.0 Å². The summed E-state index contributed by atoms with van der Waals surface area (Å²) in [5.74, 6) is 0.0142. The van der Waals surface area contributed by atoms with Crippen LogP contribution in [0.5, 0.6) is 5.75 Å². The summed E-state index contributed by atoms with van der Waals surface area (Å²) in [4.78, 5) is 19.7. The number of ether oxygens (including phenoxy) is 1. The summed E-state index contributed by atoms with van der Waals surface area (Å²) in [7, 11) is 0. The van der Waals surface area contributed by atoms with Crippen molar-refractivity contribution in [2.24, 2.45) is 4.99 Å². The molecule has 34 heavy (non-hydrogen) atoms. The fourth-order valence-corrected chi connectivity index (χ4v) is 6.37. The van der Waals surface area contributed by atoms with Crippen LogP contribution in [0.4, 0.5) is 14.5 Å². The van der Waals surface area contributed by atoms with Crippen LogP contribution in [0.3, 0.4) is 0 Å². The van der Waals surface area contributed by atoms with Crippen molar-refractivity contribution in [1.82, 2.24) is 4.90 Å². The molecule has 4 nitrogen and oxygen atoms in total. The number of halogens is 4. The van der Waals surface area contributed by atoms with Crippen LogP contribution < -0.4 is 4.74 Å². The molecule has 1 amide bonds. The van der Waals surface area contributed by atoms with Gasteiger partial charge in [-0.1, -0.05) is 12.1 Å². The first kappa shape index (κ1) is 25.1. The third kappa shape index (κ3) is 5.98. The molecule has 0 saturated carbocycles. The first-order chi connectivity index (χ1) is 16.3. The molecule has 0 radical (unpaired) electrons. The number of aliphatic imine (C=N–C) groups is 1. The Hall–Kier alpha value is -1.99. The number of amides is 1. The van der Waals surface area contributed by atoms with Crippen LogP contribution in [-0.4, -0.2) is 22.5 Å². The molecular formula is C25H18F2I2N2O2S. The van der Waals surface area contributed by atoms with Gasteiger partial charge in [-0.15, -0.1) is 0 Å². The van der Waals surface area contributed by atoms with Gasteiger partial charge in [-0.25, -0.2) is 13.8 Å². The molecule has 0 N–H and O–H groups in total. The fraction of sp³-hybridized carbons (Fsp3) is 0.120. The Labute approximate surface area is 227 Å². The van der Waals surface area contributed by atoms with E-state index < -0.39 is 0 Å². The highest BCUT2D eigenvalue weighted by atomic mass is 127. The van der Waals surface area contributed by atoms with Gasteiger partial charge in [0.1, 0.15) is 24.0 Å². The van der Waals surface area contributed by atoms with Crippen molar-refractivity contribution in [2.75, 3.05) is 6.54 Å². The molecule has 0 aromatic heterocycles. The minimum absolute atomic E-state index is 0.116. The van der Waals surface area contributed by atoms with Gasteiger partial charge in [0.15, 0.2) is 5.17 Å². The highest BCUT2D eigenvalue weighted by Gasteiger charge is 2.32. The molecule has 1 aliphatic rings. The number of hydrogen-bond donors (Lipinski definition) is 0. The SMILES string of the molecule is CCN1C(=O)/C(=C\c2cc(I)c(OCc3ccc(F)cc3)c(I)c2)SC1=Nc1ccc(F)cc1. The number of amidine groups is 1. The van der Waals surface area contributed by atoms with E-state index in [2.05, 4.69) is 50.2 Å². The lowest BCUT2D eigenvalue weighted by molar-refractivity contribution is -0.122. The Morgan fingerprint density at radius 1 is 1.00 bits per heavy atom. The number of nitrogens with zero attached hydrogens (tertiary/aromatic N) is 2. The number of carbonyl (C=O) groups excluding carboxylic acids is 1. The van der Waals surface area contributed by atoms with Gasteiger partial charge in [0.2, 0.25) is 0 Å². The van der Waals surface area contributed by atoms with Gasteiger partial charge in [0, 0.05) is 6.54 Å². The van der Waals surface area contributed by atoms with E-state index in [1.165, 1.54) is 36.0 Å².